The average molecular weight is 399 g/mol. The lowest BCUT2D eigenvalue weighted by molar-refractivity contribution is 0.978. The minimum absolute atomic E-state index is 0.308. The number of benzene rings is 5. The van der Waals surface area contributed by atoms with Gasteiger partial charge in [-0.2, -0.15) is 0 Å². The van der Waals surface area contributed by atoms with E-state index in [1.165, 1.54) is 4.57 Å². The molecule has 146 valence electrons. The first-order valence-corrected chi connectivity index (χ1v) is 10.2. The van der Waals surface area contributed by atoms with E-state index in [0.29, 0.717) is 16.5 Å². The summed E-state index contributed by atoms with van der Waals surface area (Å²) in [6, 6.07) is 33.0. The molecule has 0 aliphatic rings. The molecule has 0 N–H and O–H groups in total. The van der Waals surface area contributed by atoms with Crippen molar-refractivity contribution in [2.24, 2.45) is 0 Å². The monoisotopic (exact) mass is 399 g/mol. The summed E-state index contributed by atoms with van der Waals surface area (Å²) in [7, 11) is 0. The van der Waals surface area contributed by atoms with Gasteiger partial charge in [0.25, 0.3) is 11.1 Å². The van der Waals surface area contributed by atoms with E-state index in [1.807, 2.05) is 66.7 Å². The normalized spacial score (nSPS) is 11.5. The minimum atomic E-state index is -0.308. The average Bonchev–Trinajstić information content (AvgIpc) is 2.91. The summed E-state index contributed by atoms with van der Waals surface area (Å²) in [6.07, 6.45) is 0. The summed E-state index contributed by atoms with van der Waals surface area (Å²) >= 11 is 0. The Kier molecular flexibility index (Phi) is 3.77. The molecule has 31 heavy (non-hydrogen) atoms. The number of rotatable bonds is 1. The van der Waals surface area contributed by atoms with Gasteiger partial charge in [-0.25, -0.2) is 4.57 Å². The maximum Gasteiger partial charge on any atom is 0.265 e. The molecule has 6 aromatic rings. The topological polar surface area (TPSA) is 39.1 Å². The lowest BCUT2D eigenvalue weighted by atomic mass is 10.0. The van der Waals surface area contributed by atoms with Gasteiger partial charge in [0, 0.05) is 10.8 Å². The summed E-state index contributed by atoms with van der Waals surface area (Å²) in [5.41, 5.74) is -0.0434. The van der Waals surface area contributed by atoms with E-state index < -0.39 is 0 Å². The van der Waals surface area contributed by atoms with E-state index in [-0.39, 0.29) is 11.1 Å². The molecule has 0 saturated carbocycles. The van der Waals surface area contributed by atoms with Gasteiger partial charge in [0.05, 0.1) is 5.69 Å². The van der Waals surface area contributed by atoms with E-state index in [1.54, 1.807) is 12.1 Å². The third-order valence-corrected chi connectivity index (χ3v) is 5.96. The van der Waals surface area contributed by atoms with Crippen LogP contribution in [-0.2, 0) is 0 Å². The largest absolute Gasteiger partial charge is 0.268 e. The van der Waals surface area contributed by atoms with Gasteiger partial charge in [0.1, 0.15) is 0 Å². The van der Waals surface area contributed by atoms with Gasteiger partial charge < -0.3 is 0 Å². The first-order chi connectivity index (χ1) is 15.2. The van der Waals surface area contributed by atoms with Gasteiger partial charge in [-0.3, -0.25) is 9.59 Å². The van der Waals surface area contributed by atoms with Gasteiger partial charge in [-0.05, 0) is 68.7 Å². The van der Waals surface area contributed by atoms with Crippen molar-refractivity contribution in [2.45, 2.75) is 0 Å². The zero-order valence-corrected chi connectivity index (χ0v) is 16.6. The van der Waals surface area contributed by atoms with Crippen LogP contribution in [0.3, 0.4) is 0 Å². The van der Waals surface area contributed by atoms with Crippen molar-refractivity contribution in [3.63, 3.8) is 0 Å². The fraction of sp³-hybridized carbons (Fsp3) is 0. The van der Waals surface area contributed by atoms with Crippen LogP contribution >= 0.6 is 0 Å². The Bertz CT molecular complexity index is 1710. The van der Waals surface area contributed by atoms with E-state index in [2.05, 4.69) is 24.3 Å². The number of hydrogen-bond acceptors (Lipinski definition) is 2. The molecule has 3 nitrogen and oxygen atoms in total. The predicted molar refractivity (Wildman–Crippen MR) is 128 cm³/mol. The fourth-order valence-corrected chi connectivity index (χ4v) is 4.44. The summed E-state index contributed by atoms with van der Waals surface area (Å²) in [5, 5.41) is 6.96. The molecular formula is C28H17NO2. The van der Waals surface area contributed by atoms with Crippen LogP contribution in [0.1, 0.15) is 0 Å². The van der Waals surface area contributed by atoms with Crippen LogP contribution in [0.15, 0.2) is 113 Å². The molecule has 6 rings (SSSR count). The van der Waals surface area contributed by atoms with Gasteiger partial charge in [-0.1, -0.05) is 66.7 Å². The van der Waals surface area contributed by atoms with Crippen LogP contribution in [0.5, 0.6) is 0 Å². The summed E-state index contributed by atoms with van der Waals surface area (Å²) in [4.78, 5) is 27.1. The van der Waals surface area contributed by atoms with Crippen molar-refractivity contribution in [3.8, 4) is 5.69 Å². The van der Waals surface area contributed by atoms with Crippen molar-refractivity contribution < 1.29 is 0 Å². The molecule has 0 fully saturated rings. The minimum Gasteiger partial charge on any atom is -0.268 e. The summed E-state index contributed by atoms with van der Waals surface area (Å²) in [6.45, 7) is 0. The van der Waals surface area contributed by atoms with E-state index in [4.69, 9.17) is 0 Å². The van der Waals surface area contributed by atoms with Crippen LogP contribution in [0.25, 0.3) is 48.8 Å². The molecule has 0 atom stereocenters. The van der Waals surface area contributed by atoms with Gasteiger partial charge in [-0.15, -0.1) is 0 Å². The highest BCUT2D eigenvalue weighted by atomic mass is 16.2. The Morgan fingerprint density at radius 3 is 1.45 bits per heavy atom. The zero-order chi connectivity index (χ0) is 20.9. The molecule has 0 bridgehead atoms. The standard InChI is InChI=1S/C28H17NO2/c30-27-25-11-5-3-9-23(25)24-10-4-6-12-26(24)28(31)29(27)22-14-13-20-15-18-7-1-2-8-19(18)16-21(20)17-22/h1-17H. The number of hydrogen-bond donors (Lipinski definition) is 0. The summed E-state index contributed by atoms with van der Waals surface area (Å²) in [5.74, 6) is 0. The van der Waals surface area contributed by atoms with E-state index in [0.717, 1.165) is 32.3 Å². The highest BCUT2D eigenvalue weighted by molar-refractivity contribution is 6.05. The quantitative estimate of drug-likeness (QED) is 0.327. The molecule has 0 spiro atoms. The van der Waals surface area contributed by atoms with Crippen LogP contribution in [0.4, 0.5) is 0 Å². The second kappa shape index (κ2) is 6.64. The molecule has 1 heterocycles. The first kappa shape index (κ1) is 17.6. The van der Waals surface area contributed by atoms with Gasteiger partial charge in [0.2, 0.25) is 0 Å². The number of nitrogens with zero attached hydrogens (tertiary/aromatic N) is 1. The third-order valence-electron chi connectivity index (χ3n) is 5.96. The SMILES string of the molecule is O=c1c2ccccc2c2ccccc2c(=O)n1-c1ccc2cc3ccccc3cc2c1. The predicted octanol–water partition coefficient (Wildman–Crippen LogP) is 5.81. The molecule has 1 aromatic heterocycles. The van der Waals surface area contributed by atoms with Gasteiger partial charge in [0.15, 0.2) is 0 Å². The molecule has 0 radical (unpaired) electrons. The van der Waals surface area contributed by atoms with Crippen LogP contribution in [-0.4, -0.2) is 4.57 Å². The van der Waals surface area contributed by atoms with Crippen molar-refractivity contribution >= 4 is 43.1 Å². The lowest BCUT2D eigenvalue weighted by Gasteiger charge is -2.07. The molecule has 0 aliphatic heterocycles. The lowest BCUT2D eigenvalue weighted by Crippen LogP contribution is -2.28. The molecule has 5 aromatic carbocycles. The smallest absolute Gasteiger partial charge is 0.265 e. The molecule has 0 aliphatic carbocycles. The molecule has 0 saturated heterocycles. The maximum atomic E-state index is 13.6. The Balaban J connectivity index is 1.76. The second-order valence-electron chi connectivity index (χ2n) is 7.77. The molecule has 0 unspecified atom stereocenters. The highest BCUT2D eigenvalue weighted by Crippen LogP contribution is 2.25. The first-order valence-electron chi connectivity index (χ1n) is 10.2. The zero-order valence-electron chi connectivity index (χ0n) is 16.6. The number of fused-ring (bicyclic) bond motifs is 5. The number of aromatic nitrogens is 1. The van der Waals surface area contributed by atoms with Crippen LogP contribution in [0.2, 0.25) is 0 Å². The fourth-order valence-electron chi connectivity index (χ4n) is 4.44. The Morgan fingerprint density at radius 2 is 0.871 bits per heavy atom. The van der Waals surface area contributed by atoms with Crippen molar-refractivity contribution in [1.29, 1.82) is 0 Å². The van der Waals surface area contributed by atoms with Gasteiger partial charge >= 0.3 is 0 Å². The third kappa shape index (κ3) is 2.67. The van der Waals surface area contributed by atoms with Crippen LogP contribution < -0.4 is 11.1 Å². The highest BCUT2D eigenvalue weighted by Gasteiger charge is 2.12. The molecule has 3 heteroatoms. The van der Waals surface area contributed by atoms with Crippen LogP contribution in [0, 0.1) is 0 Å². The maximum absolute atomic E-state index is 13.6. The molecule has 0 amide bonds. The Hall–Kier alpha value is -4.24. The van der Waals surface area contributed by atoms with E-state index >= 15 is 0 Å². The van der Waals surface area contributed by atoms with Crippen molar-refractivity contribution in [3.05, 3.63) is 124 Å². The van der Waals surface area contributed by atoms with E-state index in [9.17, 15) is 9.59 Å². The van der Waals surface area contributed by atoms with Crippen molar-refractivity contribution in [2.75, 3.05) is 0 Å². The van der Waals surface area contributed by atoms with Crippen molar-refractivity contribution in [1.82, 2.24) is 4.57 Å². The summed E-state index contributed by atoms with van der Waals surface area (Å²) < 4.78 is 1.30. The Morgan fingerprint density at radius 1 is 0.419 bits per heavy atom. The Labute approximate surface area is 177 Å². The second-order valence-corrected chi connectivity index (χ2v) is 7.77. The molecular weight excluding hydrogens is 382 g/mol.